The summed E-state index contributed by atoms with van der Waals surface area (Å²) in [6.07, 6.45) is 3.35. The minimum atomic E-state index is -4.01. The van der Waals surface area contributed by atoms with Gasteiger partial charge in [-0.05, 0) is 49.8 Å². The molecule has 4 heterocycles. The van der Waals surface area contributed by atoms with E-state index in [1.54, 1.807) is 16.7 Å². The van der Waals surface area contributed by atoms with Gasteiger partial charge in [0.25, 0.3) is 0 Å². The van der Waals surface area contributed by atoms with Crippen LogP contribution in [0.1, 0.15) is 12.5 Å². The smallest absolute Gasteiger partial charge is 0.350 e. The van der Waals surface area contributed by atoms with Gasteiger partial charge in [-0.1, -0.05) is 12.6 Å². The third-order valence-electron chi connectivity index (χ3n) is 7.05. The first-order valence-corrected chi connectivity index (χ1v) is 14.6. The largest absolute Gasteiger partial charge is 0.355 e. The Bertz CT molecular complexity index is 1930. The normalized spacial score (nSPS) is 15.7. The first-order chi connectivity index (χ1) is 19.8. The number of hydrogen-bond donors (Lipinski definition) is 0. The lowest BCUT2D eigenvalue weighted by atomic mass is 10.1. The van der Waals surface area contributed by atoms with E-state index in [1.165, 1.54) is 25.3 Å². The molecule has 0 bridgehead atoms. The van der Waals surface area contributed by atoms with Crippen LogP contribution in [0.25, 0.3) is 28.0 Å². The van der Waals surface area contributed by atoms with Crippen LogP contribution >= 0.6 is 0 Å². The Morgan fingerprint density at radius 2 is 1.79 bits per heavy atom. The van der Waals surface area contributed by atoms with Gasteiger partial charge in [-0.3, -0.25) is 4.79 Å². The van der Waals surface area contributed by atoms with Crippen molar-refractivity contribution in [3.8, 4) is 16.9 Å². The molecule has 1 aliphatic heterocycles. The molecule has 1 fully saturated rings. The first kappa shape index (κ1) is 28.9. The topological polar surface area (TPSA) is 118 Å². The Morgan fingerprint density at radius 3 is 2.40 bits per heavy atom. The average Bonchev–Trinajstić information content (AvgIpc) is 2.92. The molecule has 218 valence electrons. The molecule has 1 atom stereocenters. The molecule has 0 unspecified atom stereocenters. The zero-order valence-electron chi connectivity index (χ0n) is 22.8. The quantitative estimate of drug-likeness (QED) is 0.322. The number of carbonyl (C=O) groups is 1. The molecule has 1 amide bonds. The predicted octanol–water partition coefficient (Wildman–Crippen LogP) is 3.20. The molecular weight excluding hydrogens is 573 g/mol. The summed E-state index contributed by atoms with van der Waals surface area (Å²) in [5, 5.41) is -0.485. The van der Waals surface area contributed by atoms with Gasteiger partial charge in [0.2, 0.25) is 5.91 Å². The molecule has 1 aromatic carbocycles. The lowest BCUT2D eigenvalue weighted by molar-refractivity contribution is -0.126. The van der Waals surface area contributed by atoms with E-state index in [2.05, 4.69) is 21.5 Å². The standard InChI is InChI=1S/C28H25F3N6O4S/c1-5-21(38)35-11-12-36(16(3)14-35)25-17-13-20(31)23(22-18(29)7-6-8-19(22)30)33-26(17)37(28(39)34-25)24-15(2)9-10-32-27(24)42(4,40)41/h5-10,13,16H,1,11-12,14H2,2-4H3/t16-/m0/s1. The Balaban J connectivity index is 1.86. The number of pyridine rings is 2. The maximum Gasteiger partial charge on any atom is 0.355 e. The van der Waals surface area contributed by atoms with Gasteiger partial charge in [0.05, 0.1) is 16.6 Å². The lowest BCUT2D eigenvalue weighted by Gasteiger charge is -2.40. The van der Waals surface area contributed by atoms with Crippen molar-refractivity contribution in [1.29, 1.82) is 0 Å². The molecule has 0 saturated carbocycles. The number of fused-ring (bicyclic) bond motifs is 1. The molecule has 42 heavy (non-hydrogen) atoms. The van der Waals surface area contributed by atoms with Gasteiger partial charge in [0.15, 0.2) is 26.3 Å². The van der Waals surface area contributed by atoms with Crippen LogP contribution in [-0.2, 0) is 14.6 Å². The number of halogens is 3. The van der Waals surface area contributed by atoms with Crippen molar-refractivity contribution in [3.63, 3.8) is 0 Å². The summed E-state index contributed by atoms with van der Waals surface area (Å²) in [6.45, 7) is 7.51. The number of carbonyl (C=O) groups excluding carboxylic acids is 1. The van der Waals surface area contributed by atoms with Crippen LogP contribution in [0, 0.1) is 24.4 Å². The molecule has 0 aliphatic carbocycles. The van der Waals surface area contributed by atoms with Gasteiger partial charge in [-0.2, -0.15) is 4.98 Å². The monoisotopic (exact) mass is 598 g/mol. The van der Waals surface area contributed by atoms with E-state index in [4.69, 9.17) is 0 Å². The number of aromatic nitrogens is 4. The van der Waals surface area contributed by atoms with E-state index in [9.17, 15) is 26.8 Å². The Kier molecular flexibility index (Phi) is 7.35. The molecule has 5 rings (SSSR count). The van der Waals surface area contributed by atoms with Crippen LogP contribution in [0.5, 0.6) is 0 Å². The fourth-order valence-electron chi connectivity index (χ4n) is 5.10. The minimum absolute atomic E-state index is 0.0128. The number of hydrogen-bond acceptors (Lipinski definition) is 8. The molecule has 14 heteroatoms. The van der Waals surface area contributed by atoms with E-state index in [0.717, 1.165) is 35.1 Å². The van der Waals surface area contributed by atoms with Gasteiger partial charge >= 0.3 is 5.69 Å². The van der Waals surface area contributed by atoms with E-state index < -0.39 is 55.3 Å². The zero-order valence-corrected chi connectivity index (χ0v) is 23.6. The molecule has 4 aromatic rings. The van der Waals surface area contributed by atoms with Gasteiger partial charge in [-0.25, -0.2) is 40.9 Å². The van der Waals surface area contributed by atoms with Crippen LogP contribution in [0.3, 0.4) is 0 Å². The lowest BCUT2D eigenvalue weighted by Crippen LogP contribution is -2.54. The molecule has 10 nitrogen and oxygen atoms in total. The van der Waals surface area contributed by atoms with Crippen molar-refractivity contribution < 1.29 is 26.4 Å². The SMILES string of the molecule is C=CC(=O)N1CCN(c2nc(=O)n(-c3c(C)ccnc3S(C)(=O)=O)c3nc(-c4c(F)cccc4F)c(F)cc23)[C@@H](C)C1. The summed E-state index contributed by atoms with van der Waals surface area (Å²) >= 11 is 0. The minimum Gasteiger partial charge on any atom is -0.350 e. The van der Waals surface area contributed by atoms with Crippen molar-refractivity contribution >= 4 is 32.6 Å². The summed E-state index contributed by atoms with van der Waals surface area (Å²) in [6, 6.07) is 5.02. The molecule has 1 saturated heterocycles. The van der Waals surface area contributed by atoms with E-state index in [0.29, 0.717) is 5.56 Å². The summed E-state index contributed by atoms with van der Waals surface area (Å²) in [5.74, 6) is -3.54. The molecule has 0 spiro atoms. The van der Waals surface area contributed by atoms with Crippen molar-refractivity contribution in [1.82, 2.24) is 24.4 Å². The summed E-state index contributed by atoms with van der Waals surface area (Å²) in [4.78, 5) is 41.6. The summed E-state index contributed by atoms with van der Waals surface area (Å²) in [7, 11) is -4.01. The third-order valence-corrected chi connectivity index (χ3v) is 8.06. The number of amides is 1. The van der Waals surface area contributed by atoms with Crippen molar-refractivity contribution in [2.75, 3.05) is 30.8 Å². The molecule has 0 N–H and O–H groups in total. The highest BCUT2D eigenvalue weighted by atomic mass is 32.2. The highest BCUT2D eigenvalue weighted by Crippen LogP contribution is 2.34. The van der Waals surface area contributed by atoms with Crippen molar-refractivity contribution in [2.45, 2.75) is 24.9 Å². The summed E-state index contributed by atoms with van der Waals surface area (Å²) < 4.78 is 71.6. The number of benzene rings is 1. The fourth-order valence-corrected chi connectivity index (χ4v) is 5.95. The van der Waals surface area contributed by atoms with E-state index in [1.807, 2.05) is 0 Å². The van der Waals surface area contributed by atoms with Gasteiger partial charge in [0.1, 0.15) is 23.1 Å². The number of aryl methyl sites for hydroxylation is 1. The first-order valence-electron chi connectivity index (χ1n) is 12.7. The third kappa shape index (κ3) is 4.91. The van der Waals surface area contributed by atoms with Gasteiger partial charge in [0, 0.05) is 38.1 Å². The number of nitrogens with zero attached hydrogens (tertiary/aromatic N) is 6. The van der Waals surface area contributed by atoms with Crippen LogP contribution in [0.2, 0.25) is 0 Å². The van der Waals surface area contributed by atoms with E-state index >= 15 is 4.39 Å². The zero-order chi connectivity index (χ0) is 30.5. The molecular formula is C28H25F3N6O4S. The maximum atomic E-state index is 15.7. The second kappa shape index (κ2) is 10.7. The van der Waals surface area contributed by atoms with E-state index in [-0.39, 0.29) is 48.1 Å². The maximum absolute atomic E-state index is 15.7. The Morgan fingerprint density at radius 1 is 1.10 bits per heavy atom. The number of piperazine rings is 1. The average molecular weight is 599 g/mol. The van der Waals surface area contributed by atoms with Crippen molar-refractivity contribution in [2.24, 2.45) is 0 Å². The van der Waals surface area contributed by atoms with Crippen LogP contribution < -0.4 is 10.6 Å². The summed E-state index contributed by atoms with van der Waals surface area (Å²) in [5.41, 5.74) is -2.62. The van der Waals surface area contributed by atoms with Crippen LogP contribution in [0.4, 0.5) is 19.0 Å². The Labute approximate surface area is 238 Å². The fraction of sp³-hybridized carbons (Fsp3) is 0.250. The number of sulfone groups is 1. The second-order valence-corrected chi connectivity index (χ2v) is 11.9. The molecule has 3 aromatic heterocycles. The molecule has 0 radical (unpaired) electrons. The van der Waals surface area contributed by atoms with Crippen LogP contribution in [0.15, 0.2) is 59.0 Å². The Hall–Kier alpha value is -4.59. The highest BCUT2D eigenvalue weighted by Gasteiger charge is 2.31. The molecule has 1 aliphatic rings. The van der Waals surface area contributed by atoms with Crippen molar-refractivity contribution in [3.05, 3.63) is 82.7 Å². The second-order valence-electron chi connectivity index (χ2n) is 9.92. The number of anilines is 1. The van der Waals surface area contributed by atoms with Gasteiger partial charge < -0.3 is 9.80 Å². The van der Waals surface area contributed by atoms with Gasteiger partial charge in [-0.15, -0.1) is 0 Å². The predicted molar refractivity (Wildman–Crippen MR) is 150 cm³/mol. The number of rotatable bonds is 5. The van der Waals surface area contributed by atoms with Crippen LogP contribution in [-0.4, -0.2) is 70.7 Å². The highest BCUT2D eigenvalue weighted by molar-refractivity contribution is 7.90.